The Labute approximate surface area is 133 Å². The van der Waals surface area contributed by atoms with Gasteiger partial charge in [0.1, 0.15) is 0 Å². The van der Waals surface area contributed by atoms with Crippen molar-refractivity contribution in [2.45, 2.75) is 0 Å². The molecular weight excluding hydrogens is 220 g/mol. The van der Waals surface area contributed by atoms with E-state index in [2.05, 4.69) is 0 Å². The standard InChI is InChI=1S/C8H7NO4.2Na.2H/c9-6-3-4(7(10)11)1-2-5(6)8(12)13;;;;/h1-3H,9H2,(H,10,11)(H,12,13);;;;/q;2*+1;2*-1. The van der Waals surface area contributed by atoms with Crippen molar-refractivity contribution in [3.8, 4) is 0 Å². The number of nitrogen functional groups attached to an aromatic ring is 1. The minimum atomic E-state index is -1.17. The molecule has 1 aromatic carbocycles. The minimum Gasteiger partial charge on any atom is -1.00 e. The monoisotopic (exact) mass is 229 g/mol. The van der Waals surface area contributed by atoms with Gasteiger partial charge in [-0.15, -0.1) is 0 Å². The van der Waals surface area contributed by atoms with E-state index in [9.17, 15) is 9.59 Å². The first kappa shape index (κ1) is 17.4. The van der Waals surface area contributed by atoms with Gasteiger partial charge in [-0.25, -0.2) is 9.59 Å². The summed E-state index contributed by atoms with van der Waals surface area (Å²) in [6, 6.07) is 3.48. The Morgan fingerprint density at radius 1 is 1.13 bits per heavy atom. The molecule has 0 aliphatic carbocycles. The number of anilines is 1. The van der Waals surface area contributed by atoms with Crippen molar-refractivity contribution >= 4 is 17.6 Å². The molecule has 0 spiro atoms. The molecule has 0 aliphatic rings. The molecule has 0 heterocycles. The van der Waals surface area contributed by atoms with E-state index in [1.54, 1.807) is 0 Å². The summed E-state index contributed by atoms with van der Waals surface area (Å²) in [5, 5.41) is 17.1. The van der Waals surface area contributed by atoms with Crippen molar-refractivity contribution in [3.05, 3.63) is 29.3 Å². The molecule has 1 rings (SSSR count). The second-order valence-electron chi connectivity index (χ2n) is 2.41. The summed E-state index contributed by atoms with van der Waals surface area (Å²) < 4.78 is 0. The van der Waals surface area contributed by atoms with Crippen LogP contribution in [0.4, 0.5) is 5.69 Å². The van der Waals surface area contributed by atoms with Gasteiger partial charge in [0.15, 0.2) is 0 Å². The van der Waals surface area contributed by atoms with Crippen molar-refractivity contribution in [1.29, 1.82) is 0 Å². The summed E-state index contributed by atoms with van der Waals surface area (Å²) in [7, 11) is 0. The van der Waals surface area contributed by atoms with Crippen LogP contribution in [0, 0.1) is 0 Å². The van der Waals surface area contributed by atoms with Crippen molar-refractivity contribution in [1.82, 2.24) is 0 Å². The van der Waals surface area contributed by atoms with Crippen LogP contribution in [0.5, 0.6) is 0 Å². The fourth-order valence-corrected chi connectivity index (χ4v) is 0.891. The van der Waals surface area contributed by atoms with Crippen LogP contribution in [0.15, 0.2) is 18.2 Å². The molecule has 0 atom stereocenters. The molecule has 0 aromatic heterocycles. The average Bonchev–Trinajstić information content (AvgIpc) is 2.03. The summed E-state index contributed by atoms with van der Waals surface area (Å²) in [4.78, 5) is 20.9. The molecule has 0 aliphatic heterocycles. The van der Waals surface area contributed by atoms with Gasteiger partial charge in [-0.1, -0.05) is 0 Å². The summed E-state index contributed by atoms with van der Waals surface area (Å²) in [5.74, 6) is -2.31. The van der Waals surface area contributed by atoms with Gasteiger partial charge in [-0.2, -0.15) is 0 Å². The van der Waals surface area contributed by atoms with Crippen LogP contribution < -0.4 is 64.8 Å². The molecule has 0 unspecified atom stereocenters. The van der Waals surface area contributed by atoms with Crippen LogP contribution in [0.2, 0.25) is 0 Å². The molecule has 0 bridgehead atoms. The molecule has 0 amide bonds. The number of carboxylic acids is 2. The van der Waals surface area contributed by atoms with E-state index in [4.69, 9.17) is 15.9 Å². The number of carboxylic acid groups (broad SMARTS) is 2. The maximum atomic E-state index is 10.5. The Bertz CT molecular complexity index is 390. The third-order valence-corrected chi connectivity index (χ3v) is 1.53. The topological polar surface area (TPSA) is 101 Å². The Balaban J connectivity index is -0.000000211. The van der Waals surface area contributed by atoms with Gasteiger partial charge in [0.2, 0.25) is 0 Å². The van der Waals surface area contributed by atoms with Gasteiger partial charge in [-0.05, 0) is 18.2 Å². The van der Waals surface area contributed by atoms with E-state index < -0.39 is 11.9 Å². The zero-order chi connectivity index (χ0) is 10.0. The summed E-state index contributed by atoms with van der Waals surface area (Å²) in [6.07, 6.45) is 0. The number of carbonyl (C=O) groups is 2. The second kappa shape index (κ2) is 7.27. The van der Waals surface area contributed by atoms with Crippen molar-refractivity contribution in [2.24, 2.45) is 0 Å². The third kappa shape index (κ3) is 4.55. The number of benzene rings is 1. The normalized spacial score (nSPS) is 8.27. The van der Waals surface area contributed by atoms with Crippen LogP contribution >= 0.6 is 0 Å². The summed E-state index contributed by atoms with van der Waals surface area (Å²) in [5.41, 5.74) is 5.15. The maximum absolute atomic E-state index is 10.5. The molecule has 1 aromatic rings. The number of aromatic carboxylic acids is 2. The molecule has 0 radical (unpaired) electrons. The van der Waals surface area contributed by atoms with E-state index in [0.717, 1.165) is 6.07 Å². The van der Waals surface area contributed by atoms with Gasteiger partial charge in [0.25, 0.3) is 0 Å². The fourth-order valence-electron chi connectivity index (χ4n) is 0.891. The quantitative estimate of drug-likeness (QED) is 0.348. The van der Waals surface area contributed by atoms with E-state index in [1.165, 1.54) is 12.1 Å². The Morgan fingerprint density at radius 3 is 2.00 bits per heavy atom. The maximum Gasteiger partial charge on any atom is 1.00 e. The third-order valence-electron chi connectivity index (χ3n) is 1.53. The van der Waals surface area contributed by atoms with Gasteiger partial charge >= 0.3 is 71.1 Å². The molecule has 15 heavy (non-hydrogen) atoms. The minimum absolute atomic E-state index is 0. The largest absolute Gasteiger partial charge is 1.00 e. The van der Waals surface area contributed by atoms with E-state index in [-0.39, 0.29) is 78.8 Å². The zero-order valence-electron chi connectivity index (χ0n) is 10.5. The van der Waals surface area contributed by atoms with Gasteiger partial charge in [-0.3, -0.25) is 0 Å². The van der Waals surface area contributed by atoms with Crippen LogP contribution in [0.1, 0.15) is 23.6 Å². The van der Waals surface area contributed by atoms with Crippen LogP contribution in [0.3, 0.4) is 0 Å². The second-order valence-corrected chi connectivity index (χ2v) is 2.41. The first-order chi connectivity index (χ1) is 6.02. The number of rotatable bonds is 2. The van der Waals surface area contributed by atoms with Crippen molar-refractivity contribution in [2.75, 3.05) is 5.73 Å². The smallest absolute Gasteiger partial charge is 1.00 e. The van der Waals surface area contributed by atoms with Gasteiger partial charge < -0.3 is 18.8 Å². The van der Waals surface area contributed by atoms with Crippen molar-refractivity contribution in [3.63, 3.8) is 0 Å². The Hall–Kier alpha value is -0.0400. The van der Waals surface area contributed by atoms with Crippen LogP contribution in [0.25, 0.3) is 0 Å². The Morgan fingerprint density at radius 2 is 1.67 bits per heavy atom. The number of hydrogen-bond donors (Lipinski definition) is 3. The molecule has 0 saturated carbocycles. The first-order valence-electron chi connectivity index (χ1n) is 3.38. The Kier molecular flexibility index (Phi) is 8.41. The van der Waals surface area contributed by atoms with E-state index in [1.807, 2.05) is 0 Å². The van der Waals surface area contributed by atoms with Gasteiger partial charge in [0, 0.05) is 5.69 Å². The molecule has 72 valence electrons. The summed E-state index contributed by atoms with van der Waals surface area (Å²) >= 11 is 0. The average molecular weight is 229 g/mol. The number of hydrogen-bond acceptors (Lipinski definition) is 3. The summed E-state index contributed by atoms with van der Waals surface area (Å²) in [6.45, 7) is 0. The molecular formula is C8H9NNa2O4. The SMILES string of the molecule is Nc1cc(C(=O)O)ccc1C(=O)O.[H-].[H-].[Na+].[Na+]. The first-order valence-corrected chi connectivity index (χ1v) is 3.38. The van der Waals surface area contributed by atoms with Crippen LogP contribution in [-0.2, 0) is 0 Å². The predicted octanol–water partition coefficient (Wildman–Crippen LogP) is -5.10. The molecule has 0 saturated heterocycles. The predicted molar refractivity (Wildman–Crippen MR) is 47.0 cm³/mol. The zero-order valence-corrected chi connectivity index (χ0v) is 12.5. The van der Waals surface area contributed by atoms with E-state index >= 15 is 0 Å². The molecule has 7 heteroatoms. The molecule has 5 nitrogen and oxygen atoms in total. The van der Waals surface area contributed by atoms with Gasteiger partial charge in [0.05, 0.1) is 11.1 Å². The molecule has 4 N–H and O–H groups in total. The fraction of sp³-hybridized carbons (Fsp3) is 0. The van der Waals surface area contributed by atoms with Crippen molar-refractivity contribution < 1.29 is 81.8 Å². The molecule has 0 fully saturated rings. The van der Waals surface area contributed by atoms with Crippen LogP contribution in [-0.4, -0.2) is 22.2 Å². The number of nitrogens with two attached hydrogens (primary N) is 1. The van der Waals surface area contributed by atoms with E-state index in [0.29, 0.717) is 0 Å².